The molecule has 1 aromatic carbocycles. The second kappa shape index (κ2) is 4.76. The van der Waals surface area contributed by atoms with E-state index in [2.05, 4.69) is 21.2 Å². The predicted octanol–water partition coefficient (Wildman–Crippen LogP) is 1.15. The van der Waals surface area contributed by atoms with Gasteiger partial charge in [-0.25, -0.2) is 4.79 Å². The van der Waals surface area contributed by atoms with E-state index >= 15 is 0 Å². The molecule has 1 rings (SSSR count). The molecule has 0 aliphatic rings. The topological polar surface area (TPSA) is 66.4 Å². The van der Waals surface area contributed by atoms with Crippen LogP contribution in [-0.4, -0.2) is 17.0 Å². The molecule has 0 heterocycles. The van der Waals surface area contributed by atoms with Crippen molar-refractivity contribution >= 4 is 27.8 Å². The maximum Gasteiger partial charge on any atom is 0.394 e. The quantitative estimate of drug-likeness (QED) is 0.782. The Hall–Kier alpha value is -1.36. The second-order valence-electron chi connectivity index (χ2n) is 2.62. The van der Waals surface area contributed by atoms with Gasteiger partial charge in [0, 0.05) is 11.0 Å². The van der Waals surface area contributed by atoms with E-state index in [4.69, 9.17) is 5.11 Å². The highest BCUT2D eigenvalue weighted by Crippen LogP contribution is 2.11. The van der Waals surface area contributed by atoms with Crippen LogP contribution in [0.4, 0.5) is 0 Å². The van der Waals surface area contributed by atoms with Gasteiger partial charge >= 0.3 is 11.9 Å². The number of carboxylic acid groups (broad SMARTS) is 1. The predicted molar refractivity (Wildman–Crippen MR) is 53.6 cm³/mol. The van der Waals surface area contributed by atoms with Crippen molar-refractivity contribution in [2.45, 2.75) is 6.54 Å². The molecule has 4 nitrogen and oxygen atoms in total. The van der Waals surface area contributed by atoms with E-state index in [0.29, 0.717) is 0 Å². The van der Waals surface area contributed by atoms with Gasteiger partial charge < -0.3 is 10.4 Å². The zero-order valence-electron chi connectivity index (χ0n) is 7.16. The second-order valence-corrected chi connectivity index (χ2v) is 3.53. The highest BCUT2D eigenvalue weighted by Gasteiger charge is 2.09. The maximum atomic E-state index is 10.7. The fourth-order valence-corrected chi connectivity index (χ4v) is 1.35. The van der Waals surface area contributed by atoms with Gasteiger partial charge in [-0.1, -0.05) is 28.1 Å². The van der Waals surface area contributed by atoms with E-state index in [1.807, 2.05) is 18.2 Å². The summed E-state index contributed by atoms with van der Waals surface area (Å²) in [7, 11) is 0. The Kier molecular flexibility index (Phi) is 3.64. The lowest BCUT2D eigenvalue weighted by Gasteiger charge is -2.02. The van der Waals surface area contributed by atoms with Crippen LogP contribution in [0.3, 0.4) is 0 Å². The molecule has 2 N–H and O–H groups in total. The summed E-state index contributed by atoms with van der Waals surface area (Å²) >= 11 is 3.27. The van der Waals surface area contributed by atoms with Crippen LogP contribution in [0.25, 0.3) is 0 Å². The minimum absolute atomic E-state index is 0.213. The number of aliphatic carboxylic acids is 1. The standard InChI is InChI=1S/C9H8BrNO3/c10-7-3-1-2-6(4-7)5-11-8(12)9(13)14/h1-4H,5H2,(H,11,12)(H,13,14). The van der Waals surface area contributed by atoms with Gasteiger partial charge in [0.25, 0.3) is 0 Å². The Morgan fingerprint density at radius 3 is 2.71 bits per heavy atom. The molecule has 14 heavy (non-hydrogen) atoms. The molecule has 5 heteroatoms. The SMILES string of the molecule is O=C(O)C(=O)NCc1cccc(Br)c1. The van der Waals surface area contributed by atoms with Gasteiger partial charge in [-0.05, 0) is 17.7 Å². The van der Waals surface area contributed by atoms with Crippen molar-refractivity contribution in [3.05, 3.63) is 34.3 Å². The van der Waals surface area contributed by atoms with Gasteiger partial charge in [-0.2, -0.15) is 0 Å². The monoisotopic (exact) mass is 257 g/mol. The molecule has 0 saturated carbocycles. The molecule has 0 aromatic heterocycles. The van der Waals surface area contributed by atoms with Gasteiger partial charge in [0.1, 0.15) is 0 Å². The minimum Gasteiger partial charge on any atom is -0.474 e. The zero-order chi connectivity index (χ0) is 10.6. The van der Waals surface area contributed by atoms with E-state index in [1.54, 1.807) is 6.07 Å². The number of carboxylic acids is 1. The highest BCUT2D eigenvalue weighted by atomic mass is 79.9. The molecule has 0 saturated heterocycles. The van der Waals surface area contributed by atoms with Gasteiger partial charge in [0.2, 0.25) is 0 Å². The molecule has 0 bridgehead atoms. The molecule has 0 spiro atoms. The van der Waals surface area contributed by atoms with E-state index < -0.39 is 11.9 Å². The van der Waals surface area contributed by atoms with Gasteiger partial charge in [-0.3, -0.25) is 4.79 Å². The van der Waals surface area contributed by atoms with Crippen molar-refractivity contribution in [2.24, 2.45) is 0 Å². The van der Waals surface area contributed by atoms with E-state index in [0.717, 1.165) is 10.0 Å². The fraction of sp³-hybridized carbons (Fsp3) is 0.111. The third-order valence-electron chi connectivity index (χ3n) is 1.54. The Balaban J connectivity index is 2.54. The summed E-state index contributed by atoms with van der Waals surface area (Å²) in [6.07, 6.45) is 0. The summed E-state index contributed by atoms with van der Waals surface area (Å²) < 4.78 is 0.888. The number of carbonyl (C=O) groups excluding carboxylic acids is 1. The van der Waals surface area contributed by atoms with Crippen molar-refractivity contribution in [3.8, 4) is 0 Å². The highest BCUT2D eigenvalue weighted by molar-refractivity contribution is 9.10. The molecule has 0 aliphatic carbocycles. The van der Waals surface area contributed by atoms with Crippen molar-refractivity contribution in [2.75, 3.05) is 0 Å². The molecule has 0 atom stereocenters. The third kappa shape index (κ3) is 3.18. The van der Waals surface area contributed by atoms with Crippen LogP contribution in [0.2, 0.25) is 0 Å². The van der Waals surface area contributed by atoms with E-state index in [-0.39, 0.29) is 6.54 Å². The minimum atomic E-state index is -1.47. The lowest BCUT2D eigenvalue weighted by atomic mass is 10.2. The lowest BCUT2D eigenvalue weighted by Crippen LogP contribution is -2.29. The van der Waals surface area contributed by atoms with Crippen LogP contribution in [0.5, 0.6) is 0 Å². The summed E-state index contributed by atoms with van der Waals surface area (Å²) in [6, 6.07) is 7.27. The molecular weight excluding hydrogens is 250 g/mol. The first-order valence-electron chi connectivity index (χ1n) is 3.85. The van der Waals surface area contributed by atoms with Gasteiger partial charge in [0.15, 0.2) is 0 Å². The number of rotatable bonds is 2. The van der Waals surface area contributed by atoms with Crippen molar-refractivity contribution in [1.82, 2.24) is 5.32 Å². The number of hydrogen-bond donors (Lipinski definition) is 2. The Bertz CT molecular complexity index is 365. The summed E-state index contributed by atoms with van der Waals surface area (Å²) in [5.74, 6) is -2.47. The number of hydrogen-bond acceptors (Lipinski definition) is 2. The Labute approximate surface area is 89.1 Å². The van der Waals surface area contributed by atoms with Crippen LogP contribution in [0.15, 0.2) is 28.7 Å². The summed E-state index contributed by atoms with van der Waals surface area (Å²) in [6.45, 7) is 0.213. The van der Waals surface area contributed by atoms with Crippen LogP contribution >= 0.6 is 15.9 Å². The van der Waals surface area contributed by atoms with Crippen LogP contribution < -0.4 is 5.32 Å². The maximum absolute atomic E-state index is 10.7. The lowest BCUT2D eigenvalue weighted by molar-refractivity contribution is -0.150. The Morgan fingerprint density at radius 2 is 2.14 bits per heavy atom. The number of nitrogens with one attached hydrogen (secondary N) is 1. The largest absolute Gasteiger partial charge is 0.474 e. The third-order valence-corrected chi connectivity index (χ3v) is 2.03. The van der Waals surface area contributed by atoms with Crippen LogP contribution in [-0.2, 0) is 16.1 Å². The first-order valence-corrected chi connectivity index (χ1v) is 4.64. The Morgan fingerprint density at radius 1 is 1.43 bits per heavy atom. The average Bonchev–Trinajstić information content (AvgIpc) is 2.14. The molecule has 0 radical (unpaired) electrons. The molecule has 1 amide bonds. The smallest absolute Gasteiger partial charge is 0.394 e. The molecular formula is C9H8BrNO3. The zero-order valence-corrected chi connectivity index (χ0v) is 8.74. The number of benzene rings is 1. The molecule has 74 valence electrons. The summed E-state index contributed by atoms with van der Waals surface area (Å²) in [5, 5.41) is 10.6. The molecule has 1 aromatic rings. The van der Waals surface area contributed by atoms with Gasteiger partial charge in [-0.15, -0.1) is 0 Å². The fourth-order valence-electron chi connectivity index (χ4n) is 0.905. The average molecular weight is 258 g/mol. The number of carbonyl (C=O) groups is 2. The molecule has 0 unspecified atom stereocenters. The summed E-state index contributed by atoms with van der Waals surface area (Å²) in [5.41, 5.74) is 0.842. The van der Waals surface area contributed by atoms with Crippen molar-refractivity contribution in [1.29, 1.82) is 0 Å². The van der Waals surface area contributed by atoms with E-state index in [9.17, 15) is 9.59 Å². The number of amides is 1. The molecule has 0 fully saturated rings. The van der Waals surface area contributed by atoms with Crippen molar-refractivity contribution < 1.29 is 14.7 Å². The summed E-state index contributed by atoms with van der Waals surface area (Å²) in [4.78, 5) is 20.8. The van der Waals surface area contributed by atoms with Crippen molar-refractivity contribution in [3.63, 3.8) is 0 Å². The first-order chi connectivity index (χ1) is 6.59. The normalized spacial score (nSPS) is 9.50. The number of halogens is 1. The molecule has 0 aliphatic heterocycles. The first kappa shape index (κ1) is 10.7. The van der Waals surface area contributed by atoms with Gasteiger partial charge in [0.05, 0.1) is 0 Å². The van der Waals surface area contributed by atoms with E-state index in [1.165, 1.54) is 0 Å². The van der Waals surface area contributed by atoms with Crippen LogP contribution in [0, 0.1) is 0 Å². The van der Waals surface area contributed by atoms with Crippen LogP contribution in [0.1, 0.15) is 5.56 Å².